The molecule has 2 heterocycles. The van der Waals surface area contributed by atoms with E-state index in [0.717, 1.165) is 37.1 Å². The van der Waals surface area contributed by atoms with E-state index in [0.29, 0.717) is 11.8 Å². The van der Waals surface area contributed by atoms with Crippen LogP contribution in [0.15, 0.2) is 39.2 Å². The molecule has 0 atom stereocenters. The fraction of sp³-hybridized carbons (Fsp3) is 0.444. The summed E-state index contributed by atoms with van der Waals surface area (Å²) < 4.78 is 0. The third-order valence-electron chi connectivity index (χ3n) is 5.21. The lowest BCUT2D eigenvalue weighted by Crippen LogP contribution is -2.58. The lowest BCUT2D eigenvalue weighted by molar-refractivity contribution is -0.115. The average Bonchev–Trinajstić information content (AvgIpc) is 2.93. The molecule has 1 amide bonds. The molecule has 1 aliphatic carbocycles. The van der Waals surface area contributed by atoms with E-state index in [2.05, 4.69) is 15.0 Å². The number of rotatable bonds is 2. The monoisotopic (exact) mass is 353 g/mol. The Bertz CT molecular complexity index is 836. The van der Waals surface area contributed by atoms with Gasteiger partial charge in [0.1, 0.15) is 18.0 Å². The number of benzene rings is 1. The normalized spacial score (nSPS) is 22.3. The van der Waals surface area contributed by atoms with Crippen LogP contribution in [0, 0.1) is 0 Å². The minimum Gasteiger partial charge on any atom is -0.369 e. The van der Waals surface area contributed by atoms with Crippen molar-refractivity contribution in [3.05, 3.63) is 24.3 Å². The van der Waals surface area contributed by atoms with Crippen LogP contribution in [-0.2, 0) is 4.79 Å². The van der Waals surface area contributed by atoms with Gasteiger partial charge in [-0.15, -0.1) is 0 Å². The molecule has 0 aromatic heterocycles. The summed E-state index contributed by atoms with van der Waals surface area (Å²) in [6, 6.07) is 7.72. The van der Waals surface area contributed by atoms with Gasteiger partial charge in [-0.2, -0.15) is 4.99 Å². The van der Waals surface area contributed by atoms with Crippen molar-refractivity contribution >= 4 is 35.0 Å². The molecule has 1 saturated carbocycles. The molecular formula is C18H23N7O. The Hall–Kier alpha value is -2.90. The van der Waals surface area contributed by atoms with Crippen molar-refractivity contribution in [2.24, 2.45) is 26.4 Å². The Morgan fingerprint density at radius 2 is 1.85 bits per heavy atom. The van der Waals surface area contributed by atoms with E-state index in [1.54, 1.807) is 4.90 Å². The standard InChI is InChI=1S/C18H23N7O/c1-12-21-11-15(26)24(12)13-6-5-7-14(10-13)25-17(20)22-16(19)23-18(25)8-3-2-4-9-18/h5-7,10H,2-4,8-9,11H2,1H3,(H4,19,20,22,23). The van der Waals surface area contributed by atoms with Crippen LogP contribution in [0.25, 0.3) is 0 Å². The first-order chi connectivity index (χ1) is 12.5. The van der Waals surface area contributed by atoms with Gasteiger partial charge in [0.05, 0.1) is 5.69 Å². The van der Waals surface area contributed by atoms with Crippen molar-refractivity contribution < 1.29 is 4.79 Å². The molecule has 136 valence electrons. The van der Waals surface area contributed by atoms with Gasteiger partial charge in [-0.3, -0.25) is 19.6 Å². The predicted molar refractivity (Wildman–Crippen MR) is 103 cm³/mol. The van der Waals surface area contributed by atoms with Crippen LogP contribution in [0.2, 0.25) is 0 Å². The first kappa shape index (κ1) is 16.6. The first-order valence-electron chi connectivity index (χ1n) is 8.94. The summed E-state index contributed by atoms with van der Waals surface area (Å²) in [6.45, 7) is 2.02. The number of carbonyl (C=O) groups excluding carboxylic acids is 1. The number of hydrogen-bond donors (Lipinski definition) is 2. The molecule has 8 heteroatoms. The van der Waals surface area contributed by atoms with Gasteiger partial charge < -0.3 is 11.5 Å². The van der Waals surface area contributed by atoms with E-state index < -0.39 is 5.66 Å². The molecule has 26 heavy (non-hydrogen) atoms. The Morgan fingerprint density at radius 3 is 2.54 bits per heavy atom. The fourth-order valence-electron chi connectivity index (χ4n) is 4.10. The van der Waals surface area contributed by atoms with Gasteiger partial charge in [0.25, 0.3) is 5.91 Å². The number of nitrogens with zero attached hydrogens (tertiary/aromatic N) is 5. The van der Waals surface area contributed by atoms with Crippen molar-refractivity contribution in [2.45, 2.75) is 44.7 Å². The van der Waals surface area contributed by atoms with E-state index in [-0.39, 0.29) is 18.4 Å². The Kier molecular flexibility index (Phi) is 3.90. The third kappa shape index (κ3) is 2.61. The lowest BCUT2D eigenvalue weighted by atomic mass is 9.87. The molecule has 0 bridgehead atoms. The minimum absolute atomic E-state index is 0.0328. The minimum atomic E-state index is -0.495. The zero-order valence-electron chi connectivity index (χ0n) is 14.9. The van der Waals surface area contributed by atoms with Gasteiger partial charge in [0, 0.05) is 5.69 Å². The summed E-state index contributed by atoms with van der Waals surface area (Å²) >= 11 is 0. The Balaban J connectivity index is 1.76. The number of guanidine groups is 2. The van der Waals surface area contributed by atoms with Gasteiger partial charge in [0.15, 0.2) is 0 Å². The van der Waals surface area contributed by atoms with Crippen molar-refractivity contribution in [3.8, 4) is 0 Å². The molecule has 1 fully saturated rings. The van der Waals surface area contributed by atoms with E-state index in [1.165, 1.54) is 6.42 Å². The molecule has 0 unspecified atom stereocenters. The highest BCUT2D eigenvalue weighted by Gasteiger charge is 2.42. The highest BCUT2D eigenvalue weighted by atomic mass is 16.2. The number of aliphatic imine (C=N–C) groups is 3. The zero-order chi connectivity index (χ0) is 18.3. The second kappa shape index (κ2) is 6.12. The summed E-state index contributed by atoms with van der Waals surface area (Å²) in [5.74, 6) is 1.24. The number of nitrogens with two attached hydrogens (primary N) is 2. The highest BCUT2D eigenvalue weighted by Crippen LogP contribution is 2.40. The number of amides is 1. The fourth-order valence-corrected chi connectivity index (χ4v) is 4.10. The predicted octanol–water partition coefficient (Wildman–Crippen LogP) is 1.56. The molecular weight excluding hydrogens is 330 g/mol. The van der Waals surface area contributed by atoms with Crippen LogP contribution in [0.3, 0.4) is 0 Å². The van der Waals surface area contributed by atoms with Gasteiger partial charge in [0.2, 0.25) is 11.9 Å². The third-order valence-corrected chi connectivity index (χ3v) is 5.21. The molecule has 4 rings (SSSR count). The number of anilines is 2. The number of hydrogen-bond acceptors (Lipinski definition) is 7. The van der Waals surface area contributed by atoms with Crippen molar-refractivity contribution in [3.63, 3.8) is 0 Å². The maximum absolute atomic E-state index is 12.2. The van der Waals surface area contributed by atoms with Gasteiger partial charge >= 0.3 is 0 Å². The highest BCUT2D eigenvalue weighted by molar-refractivity contribution is 6.21. The molecule has 2 aliphatic heterocycles. The van der Waals surface area contributed by atoms with Crippen molar-refractivity contribution in [1.29, 1.82) is 0 Å². The van der Waals surface area contributed by atoms with Gasteiger partial charge in [-0.25, -0.2) is 4.99 Å². The van der Waals surface area contributed by atoms with Crippen molar-refractivity contribution in [2.75, 3.05) is 16.3 Å². The summed E-state index contributed by atoms with van der Waals surface area (Å²) in [5.41, 5.74) is 13.3. The van der Waals surface area contributed by atoms with Crippen LogP contribution >= 0.6 is 0 Å². The maximum atomic E-state index is 12.2. The largest absolute Gasteiger partial charge is 0.369 e. The Labute approximate surface area is 152 Å². The molecule has 1 aromatic carbocycles. The lowest BCUT2D eigenvalue weighted by Gasteiger charge is -2.45. The quantitative estimate of drug-likeness (QED) is 0.840. The molecule has 0 radical (unpaired) electrons. The van der Waals surface area contributed by atoms with Crippen LogP contribution in [0.5, 0.6) is 0 Å². The SMILES string of the molecule is CC1=NCC(=O)N1c1cccc(N2C(N)=NC(N)=NC23CCCCC3)c1. The molecule has 1 spiro atoms. The van der Waals surface area contributed by atoms with Crippen molar-refractivity contribution in [1.82, 2.24) is 0 Å². The second-order valence-electron chi connectivity index (χ2n) is 6.93. The van der Waals surface area contributed by atoms with E-state index in [1.807, 2.05) is 36.1 Å². The first-order valence-corrected chi connectivity index (χ1v) is 8.94. The Morgan fingerprint density at radius 1 is 1.12 bits per heavy atom. The van der Waals surface area contributed by atoms with E-state index in [9.17, 15) is 4.79 Å². The van der Waals surface area contributed by atoms with Gasteiger partial charge in [-0.1, -0.05) is 12.5 Å². The molecule has 1 aromatic rings. The molecule has 0 saturated heterocycles. The van der Waals surface area contributed by atoms with E-state index >= 15 is 0 Å². The smallest absolute Gasteiger partial charge is 0.254 e. The topological polar surface area (TPSA) is 113 Å². The molecule has 8 nitrogen and oxygen atoms in total. The van der Waals surface area contributed by atoms with Gasteiger partial charge in [-0.05, 0) is 50.8 Å². The maximum Gasteiger partial charge on any atom is 0.254 e. The van der Waals surface area contributed by atoms with Crippen LogP contribution < -0.4 is 21.3 Å². The summed E-state index contributed by atoms with van der Waals surface area (Å²) in [6.07, 6.45) is 5.06. The van der Waals surface area contributed by atoms with Crippen LogP contribution in [0.4, 0.5) is 11.4 Å². The summed E-state index contributed by atoms with van der Waals surface area (Å²) in [4.78, 5) is 28.9. The van der Waals surface area contributed by atoms with Crippen LogP contribution in [-0.4, -0.2) is 35.9 Å². The summed E-state index contributed by atoms with van der Waals surface area (Å²) in [5, 5.41) is 0. The van der Waals surface area contributed by atoms with Crippen LogP contribution in [0.1, 0.15) is 39.0 Å². The zero-order valence-corrected chi connectivity index (χ0v) is 14.9. The number of carbonyl (C=O) groups is 1. The molecule has 4 N–H and O–H groups in total. The van der Waals surface area contributed by atoms with E-state index in [4.69, 9.17) is 11.5 Å². The number of amidine groups is 1. The molecule has 3 aliphatic rings. The average molecular weight is 353 g/mol. The second-order valence-corrected chi connectivity index (χ2v) is 6.93. The summed E-state index contributed by atoms with van der Waals surface area (Å²) in [7, 11) is 0.